The zero-order valence-corrected chi connectivity index (χ0v) is 17.0. The standard InChI is InChI=1S/C19H23N5OS2/c1-2-24(19-21-15-6-3-4-7-16(15)27-19)17(25)14-22-9-5-10-23(12-11-22)18-20-8-13-26-18/h3-4,6-8,13H,2,5,9-12,14H2,1H3. The minimum absolute atomic E-state index is 0.124. The first kappa shape index (κ1) is 18.3. The van der Waals surface area contributed by atoms with Gasteiger partial charge in [0.2, 0.25) is 5.91 Å². The van der Waals surface area contributed by atoms with Gasteiger partial charge < -0.3 is 4.90 Å². The van der Waals surface area contributed by atoms with Crippen LogP contribution in [-0.2, 0) is 4.79 Å². The molecule has 1 aliphatic heterocycles. The normalized spacial score (nSPS) is 15.8. The molecule has 6 nitrogen and oxygen atoms in total. The van der Waals surface area contributed by atoms with Gasteiger partial charge in [-0.25, -0.2) is 9.97 Å². The molecule has 1 fully saturated rings. The van der Waals surface area contributed by atoms with Gasteiger partial charge in [-0.15, -0.1) is 11.3 Å². The maximum Gasteiger partial charge on any atom is 0.242 e. The van der Waals surface area contributed by atoms with E-state index in [9.17, 15) is 4.79 Å². The van der Waals surface area contributed by atoms with Crippen molar-refractivity contribution in [3.8, 4) is 0 Å². The lowest BCUT2D eigenvalue weighted by atomic mass is 10.3. The lowest BCUT2D eigenvalue weighted by molar-refractivity contribution is -0.119. The van der Waals surface area contributed by atoms with Crippen LogP contribution in [0.25, 0.3) is 10.2 Å². The summed E-state index contributed by atoms with van der Waals surface area (Å²) in [6.07, 6.45) is 2.89. The molecule has 0 unspecified atom stereocenters. The van der Waals surface area contributed by atoms with Crippen molar-refractivity contribution in [2.24, 2.45) is 0 Å². The highest BCUT2D eigenvalue weighted by molar-refractivity contribution is 7.22. The molecule has 8 heteroatoms. The summed E-state index contributed by atoms with van der Waals surface area (Å²) in [5.74, 6) is 0.124. The molecule has 1 saturated heterocycles. The Labute approximate surface area is 167 Å². The summed E-state index contributed by atoms with van der Waals surface area (Å²) < 4.78 is 1.12. The Balaban J connectivity index is 1.41. The summed E-state index contributed by atoms with van der Waals surface area (Å²) >= 11 is 3.26. The number of hydrogen-bond donors (Lipinski definition) is 0. The topological polar surface area (TPSA) is 52.6 Å². The largest absolute Gasteiger partial charge is 0.347 e. The Morgan fingerprint density at radius 1 is 1.22 bits per heavy atom. The summed E-state index contributed by atoms with van der Waals surface area (Å²) in [7, 11) is 0. The SMILES string of the molecule is CCN(C(=O)CN1CCCN(c2nccs2)CC1)c1nc2ccccc2s1. The smallest absolute Gasteiger partial charge is 0.242 e. The molecule has 27 heavy (non-hydrogen) atoms. The van der Waals surface area contributed by atoms with Crippen molar-refractivity contribution in [1.29, 1.82) is 0 Å². The number of rotatable bonds is 5. The number of anilines is 2. The highest BCUT2D eigenvalue weighted by Gasteiger charge is 2.23. The Morgan fingerprint density at radius 2 is 2.11 bits per heavy atom. The molecule has 0 bridgehead atoms. The average Bonchev–Trinajstić information content (AvgIpc) is 3.29. The van der Waals surface area contributed by atoms with Crippen molar-refractivity contribution in [2.75, 3.05) is 49.1 Å². The zero-order valence-electron chi connectivity index (χ0n) is 15.4. The van der Waals surface area contributed by atoms with E-state index in [0.29, 0.717) is 13.1 Å². The van der Waals surface area contributed by atoms with Crippen molar-refractivity contribution in [2.45, 2.75) is 13.3 Å². The van der Waals surface area contributed by atoms with Gasteiger partial charge in [0.1, 0.15) is 0 Å². The molecule has 0 saturated carbocycles. The van der Waals surface area contributed by atoms with Crippen LogP contribution in [-0.4, -0.2) is 60.0 Å². The minimum Gasteiger partial charge on any atom is -0.347 e. The number of benzene rings is 1. The fourth-order valence-corrected chi connectivity index (χ4v) is 5.11. The molecule has 2 aromatic heterocycles. The number of carbonyl (C=O) groups excluding carboxylic acids is 1. The molecular weight excluding hydrogens is 378 g/mol. The first-order valence-electron chi connectivity index (χ1n) is 9.27. The lowest BCUT2D eigenvalue weighted by Gasteiger charge is -2.24. The van der Waals surface area contributed by atoms with E-state index in [0.717, 1.165) is 53.1 Å². The second-order valence-corrected chi connectivity index (χ2v) is 8.42. The van der Waals surface area contributed by atoms with Crippen LogP contribution in [0, 0.1) is 0 Å². The first-order chi connectivity index (χ1) is 13.2. The molecule has 3 aromatic rings. The Bertz CT molecular complexity index is 862. The van der Waals surface area contributed by atoms with E-state index in [1.807, 2.05) is 41.6 Å². The maximum absolute atomic E-state index is 13.0. The minimum atomic E-state index is 0.124. The van der Waals surface area contributed by atoms with Crippen molar-refractivity contribution < 1.29 is 4.79 Å². The summed E-state index contributed by atoms with van der Waals surface area (Å²) in [4.78, 5) is 28.4. The van der Waals surface area contributed by atoms with Gasteiger partial charge in [-0.3, -0.25) is 14.6 Å². The number of hydrogen-bond acceptors (Lipinski definition) is 7. The number of aromatic nitrogens is 2. The predicted octanol–water partition coefficient (Wildman–Crippen LogP) is 3.32. The molecule has 1 aromatic carbocycles. The summed E-state index contributed by atoms with van der Waals surface area (Å²) in [5, 5.41) is 3.88. The number of nitrogens with zero attached hydrogens (tertiary/aromatic N) is 5. The van der Waals surface area contributed by atoms with Crippen LogP contribution in [0.2, 0.25) is 0 Å². The molecule has 3 heterocycles. The number of fused-ring (bicyclic) bond motifs is 1. The van der Waals surface area contributed by atoms with E-state index < -0.39 is 0 Å². The van der Waals surface area contributed by atoms with Gasteiger partial charge in [0.05, 0.1) is 16.8 Å². The third-order valence-electron chi connectivity index (χ3n) is 4.77. The van der Waals surface area contributed by atoms with E-state index in [4.69, 9.17) is 0 Å². The highest BCUT2D eigenvalue weighted by atomic mass is 32.1. The third-order valence-corrected chi connectivity index (χ3v) is 6.66. The van der Waals surface area contributed by atoms with Gasteiger partial charge in [0.25, 0.3) is 0 Å². The predicted molar refractivity (Wildman–Crippen MR) is 113 cm³/mol. The average molecular weight is 402 g/mol. The van der Waals surface area contributed by atoms with Gasteiger partial charge >= 0.3 is 0 Å². The van der Waals surface area contributed by atoms with Crippen LogP contribution in [0.4, 0.5) is 10.3 Å². The van der Waals surface area contributed by atoms with E-state index in [2.05, 4.69) is 25.8 Å². The summed E-state index contributed by atoms with van der Waals surface area (Å²) in [5.41, 5.74) is 0.956. The van der Waals surface area contributed by atoms with Crippen LogP contribution in [0.15, 0.2) is 35.8 Å². The maximum atomic E-state index is 13.0. The number of thiazole rings is 2. The zero-order chi connectivity index (χ0) is 18.6. The second-order valence-electron chi connectivity index (χ2n) is 6.53. The molecule has 4 rings (SSSR count). The monoisotopic (exact) mass is 401 g/mol. The second kappa shape index (κ2) is 8.33. The number of carbonyl (C=O) groups is 1. The highest BCUT2D eigenvalue weighted by Crippen LogP contribution is 2.28. The summed E-state index contributed by atoms with van der Waals surface area (Å²) in [6.45, 7) is 6.80. The van der Waals surface area contributed by atoms with Gasteiger partial charge in [0, 0.05) is 44.3 Å². The van der Waals surface area contributed by atoms with Crippen molar-refractivity contribution >= 4 is 49.1 Å². The van der Waals surface area contributed by atoms with Gasteiger partial charge in [-0.05, 0) is 25.5 Å². The molecule has 0 N–H and O–H groups in total. The molecule has 0 atom stereocenters. The van der Waals surface area contributed by atoms with E-state index in [1.165, 1.54) is 0 Å². The van der Waals surface area contributed by atoms with Crippen LogP contribution < -0.4 is 9.80 Å². The third kappa shape index (κ3) is 4.12. The molecule has 0 spiro atoms. The van der Waals surface area contributed by atoms with Crippen LogP contribution in [0.5, 0.6) is 0 Å². The molecule has 1 amide bonds. The van der Waals surface area contributed by atoms with Gasteiger partial charge in [0.15, 0.2) is 10.3 Å². The fraction of sp³-hybridized carbons (Fsp3) is 0.421. The first-order valence-corrected chi connectivity index (χ1v) is 11.0. The van der Waals surface area contributed by atoms with Crippen molar-refractivity contribution in [1.82, 2.24) is 14.9 Å². The Hall–Kier alpha value is -2.03. The number of likely N-dealkylation sites (N-methyl/N-ethyl adjacent to an activating group) is 1. The molecule has 142 valence electrons. The quantitative estimate of drug-likeness (QED) is 0.656. The van der Waals surface area contributed by atoms with Crippen molar-refractivity contribution in [3.05, 3.63) is 35.8 Å². The van der Waals surface area contributed by atoms with Gasteiger partial charge in [-0.2, -0.15) is 0 Å². The Morgan fingerprint density at radius 3 is 2.89 bits per heavy atom. The van der Waals surface area contributed by atoms with Crippen LogP contribution >= 0.6 is 22.7 Å². The number of para-hydroxylation sites is 1. The fourth-order valence-electron chi connectivity index (χ4n) is 3.36. The Kier molecular flexibility index (Phi) is 5.66. The van der Waals surface area contributed by atoms with E-state index in [-0.39, 0.29) is 5.91 Å². The van der Waals surface area contributed by atoms with E-state index in [1.54, 1.807) is 22.7 Å². The van der Waals surface area contributed by atoms with Crippen molar-refractivity contribution in [3.63, 3.8) is 0 Å². The molecule has 0 aliphatic carbocycles. The summed E-state index contributed by atoms with van der Waals surface area (Å²) in [6, 6.07) is 8.04. The number of amides is 1. The molecule has 0 radical (unpaired) electrons. The van der Waals surface area contributed by atoms with Crippen LogP contribution in [0.3, 0.4) is 0 Å². The van der Waals surface area contributed by atoms with Gasteiger partial charge in [-0.1, -0.05) is 23.5 Å². The molecular formula is C19H23N5OS2. The molecule has 1 aliphatic rings. The van der Waals surface area contributed by atoms with Crippen LogP contribution in [0.1, 0.15) is 13.3 Å². The lowest BCUT2D eigenvalue weighted by Crippen LogP contribution is -2.41. The van der Waals surface area contributed by atoms with E-state index >= 15 is 0 Å².